The molecule has 1 heterocycles. The van der Waals surface area contributed by atoms with Gasteiger partial charge in [-0.1, -0.05) is 0 Å². The third-order valence-corrected chi connectivity index (χ3v) is 2.59. The minimum Gasteiger partial charge on any atom is -0.383 e. The monoisotopic (exact) mass is 218 g/mol. The van der Waals surface area contributed by atoms with Crippen LogP contribution in [0.25, 0.3) is 10.9 Å². The first-order valence-corrected chi connectivity index (χ1v) is 5.10. The number of primary amides is 1. The zero-order valence-electron chi connectivity index (χ0n) is 9.14. The van der Waals surface area contributed by atoms with Crippen molar-refractivity contribution in [3.8, 4) is 0 Å². The van der Waals surface area contributed by atoms with E-state index in [4.69, 9.17) is 10.5 Å². The topological polar surface area (TPSA) is 57.2 Å². The molecule has 0 unspecified atom stereocenters. The molecule has 0 aliphatic carbocycles. The van der Waals surface area contributed by atoms with E-state index < -0.39 is 5.91 Å². The lowest BCUT2D eigenvalue weighted by Crippen LogP contribution is -2.10. The first-order chi connectivity index (χ1) is 7.72. The van der Waals surface area contributed by atoms with E-state index in [-0.39, 0.29) is 0 Å². The third-order valence-electron chi connectivity index (χ3n) is 2.59. The number of aromatic nitrogens is 1. The molecule has 2 rings (SSSR count). The van der Waals surface area contributed by atoms with Gasteiger partial charge >= 0.3 is 0 Å². The maximum atomic E-state index is 11.0. The van der Waals surface area contributed by atoms with E-state index in [9.17, 15) is 4.79 Å². The summed E-state index contributed by atoms with van der Waals surface area (Å²) in [5.41, 5.74) is 6.85. The standard InChI is InChI=1S/C12H14N2O2/c1-16-7-6-14-5-4-9-8-10(12(13)15)2-3-11(9)14/h2-5,8H,6-7H2,1H3,(H2,13,15). The van der Waals surface area contributed by atoms with Gasteiger partial charge in [-0.2, -0.15) is 0 Å². The highest BCUT2D eigenvalue weighted by molar-refractivity contribution is 5.97. The van der Waals surface area contributed by atoms with Crippen LogP contribution in [0.15, 0.2) is 30.5 Å². The van der Waals surface area contributed by atoms with Gasteiger partial charge in [-0.3, -0.25) is 4.79 Å². The molecular formula is C12H14N2O2. The summed E-state index contributed by atoms with van der Waals surface area (Å²) in [4.78, 5) is 11.0. The Kier molecular flexibility index (Phi) is 2.92. The number of hydrogen-bond donors (Lipinski definition) is 1. The average Bonchev–Trinajstić information content (AvgIpc) is 2.68. The van der Waals surface area contributed by atoms with Gasteiger partial charge in [0.1, 0.15) is 0 Å². The van der Waals surface area contributed by atoms with Crippen LogP contribution in [0.1, 0.15) is 10.4 Å². The molecule has 0 aliphatic rings. The first kappa shape index (κ1) is 10.7. The predicted octanol–water partition coefficient (Wildman–Crippen LogP) is 1.39. The normalized spacial score (nSPS) is 10.8. The van der Waals surface area contributed by atoms with E-state index in [1.807, 2.05) is 18.3 Å². The summed E-state index contributed by atoms with van der Waals surface area (Å²) in [5.74, 6) is -0.397. The number of methoxy groups -OCH3 is 1. The Morgan fingerprint density at radius 3 is 2.94 bits per heavy atom. The van der Waals surface area contributed by atoms with Gasteiger partial charge in [-0.25, -0.2) is 0 Å². The SMILES string of the molecule is COCCn1ccc2cc(C(N)=O)ccc21. The smallest absolute Gasteiger partial charge is 0.248 e. The highest BCUT2D eigenvalue weighted by atomic mass is 16.5. The molecule has 0 atom stereocenters. The number of amides is 1. The van der Waals surface area contributed by atoms with Gasteiger partial charge < -0.3 is 15.0 Å². The minimum atomic E-state index is -0.397. The zero-order valence-corrected chi connectivity index (χ0v) is 9.14. The van der Waals surface area contributed by atoms with E-state index in [2.05, 4.69) is 4.57 Å². The number of carbonyl (C=O) groups excluding carboxylic acids is 1. The molecule has 0 radical (unpaired) electrons. The van der Waals surface area contributed by atoms with Gasteiger partial charge in [0.15, 0.2) is 0 Å². The van der Waals surface area contributed by atoms with Crippen molar-refractivity contribution in [3.63, 3.8) is 0 Å². The number of carbonyl (C=O) groups is 1. The van der Waals surface area contributed by atoms with Crippen molar-refractivity contribution in [2.75, 3.05) is 13.7 Å². The molecule has 16 heavy (non-hydrogen) atoms. The van der Waals surface area contributed by atoms with E-state index in [1.54, 1.807) is 19.2 Å². The molecule has 0 bridgehead atoms. The number of ether oxygens (including phenoxy) is 1. The van der Waals surface area contributed by atoms with Crippen molar-refractivity contribution < 1.29 is 9.53 Å². The van der Waals surface area contributed by atoms with Gasteiger partial charge in [-0.05, 0) is 24.3 Å². The Balaban J connectivity index is 2.38. The molecule has 4 heteroatoms. The van der Waals surface area contributed by atoms with Crippen molar-refractivity contribution in [1.29, 1.82) is 0 Å². The highest BCUT2D eigenvalue weighted by Gasteiger charge is 2.04. The Morgan fingerprint density at radius 2 is 2.25 bits per heavy atom. The fourth-order valence-corrected chi connectivity index (χ4v) is 1.74. The molecule has 4 nitrogen and oxygen atoms in total. The predicted molar refractivity (Wildman–Crippen MR) is 62.3 cm³/mol. The summed E-state index contributed by atoms with van der Waals surface area (Å²) < 4.78 is 7.12. The molecule has 0 saturated carbocycles. The van der Waals surface area contributed by atoms with Crippen molar-refractivity contribution in [3.05, 3.63) is 36.0 Å². The molecule has 0 fully saturated rings. The Labute approximate surface area is 93.6 Å². The van der Waals surface area contributed by atoms with Crippen molar-refractivity contribution in [1.82, 2.24) is 4.57 Å². The van der Waals surface area contributed by atoms with E-state index in [1.165, 1.54) is 0 Å². The number of fused-ring (bicyclic) bond motifs is 1. The number of benzene rings is 1. The highest BCUT2D eigenvalue weighted by Crippen LogP contribution is 2.17. The van der Waals surface area contributed by atoms with Crippen molar-refractivity contribution >= 4 is 16.8 Å². The van der Waals surface area contributed by atoms with Gasteiger partial charge in [0.2, 0.25) is 5.91 Å². The molecule has 1 aromatic carbocycles. The fraction of sp³-hybridized carbons (Fsp3) is 0.250. The maximum Gasteiger partial charge on any atom is 0.248 e. The Hall–Kier alpha value is -1.81. The lowest BCUT2D eigenvalue weighted by molar-refractivity contribution is 0.100. The lowest BCUT2D eigenvalue weighted by Gasteiger charge is -2.04. The van der Waals surface area contributed by atoms with Gasteiger partial charge in [-0.15, -0.1) is 0 Å². The molecule has 2 N–H and O–H groups in total. The summed E-state index contributed by atoms with van der Waals surface area (Å²) in [7, 11) is 1.68. The summed E-state index contributed by atoms with van der Waals surface area (Å²) in [6.07, 6.45) is 1.98. The first-order valence-electron chi connectivity index (χ1n) is 5.10. The van der Waals surface area contributed by atoms with Crippen LogP contribution in [0.3, 0.4) is 0 Å². The van der Waals surface area contributed by atoms with Crippen LogP contribution in [0.4, 0.5) is 0 Å². The van der Waals surface area contributed by atoms with E-state index >= 15 is 0 Å². The van der Waals surface area contributed by atoms with Crippen LogP contribution in [-0.2, 0) is 11.3 Å². The second-order valence-electron chi connectivity index (χ2n) is 3.64. The van der Waals surface area contributed by atoms with Crippen LogP contribution in [0.2, 0.25) is 0 Å². The quantitative estimate of drug-likeness (QED) is 0.843. The number of nitrogens with two attached hydrogens (primary N) is 1. The summed E-state index contributed by atoms with van der Waals surface area (Å²) in [5, 5.41) is 1.02. The largest absolute Gasteiger partial charge is 0.383 e. The fourth-order valence-electron chi connectivity index (χ4n) is 1.74. The lowest BCUT2D eigenvalue weighted by atomic mass is 10.1. The molecule has 2 aromatic rings. The molecule has 0 spiro atoms. The van der Waals surface area contributed by atoms with Gasteiger partial charge in [0, 0.05) is 36.3 Å². The van der Waals surface area contributed by atoms with Gasteiger partial charge in [0.25, 0.3) is 0 Å². The van der Waals surface area contributed by atoms with Crippen molar-refractivity contribution in [2.45, 2.75) is 6.54 Å². The summed E-state index contributed by atoms with van der Waals surface area (Å²) in [6, 6.07) is 7.43. The van der Waals surface area contributed by atoms with Gasteiger partial charge in [0.05, 0.1) is 6.61 Å². The zero-order chi connectivity index (χ0) is 11.5. The molecule has 84 valence electrons. The maximum absolute atomic E-state index is 11.0. The molecule has 1 amide bonds. The Bertz CT molecular complexity index is 517. The summed E-state index contributed by atoms with van der Waals surface area (Å²) >= 11 is 0. The third kappa shape index (κ3) is 1.92. The van der Waals surface area contributed by atoms with E-state index in [0.29, 0.717) is 12.2 Å². The molecule has 1 aromatic heterocycles. The molecule has 0 saturated heterocycles. The van der Waals surface area contributed by atoms with Crippen LogP contribution in [-0.4, -0.2) is 24.2 Å². The molecule has 0 aliphatic heterocycles. The van der Waals surface area contributed by atoms with Crippen LogP contribution in [0, 0.1) is 0 Å². The Morgan fingerprint density at radius 1 is 1.44 bits per heavy atom. The summed E-state index contributed by atoms with van der Waals surface area (Å²) in [6.45, 7) is 1.47. The number of rotatable bonds is 4. The van der Waals surface area contributed by atoms with E-state index in [0.717, 1.165) is 17.4 Å². The second kappa shape index (κ2) is 4.37. The number of hydrogen-bond acceptors (Lipinski definition) is 2. The number of nitrogens with zero attached hydrogens (tertiary/aromatic N) is 1. The van der Waals surface area contributed by atoms with Crippen LogP contribution in [0.5, 0.6) is 0 Å². The molecular weight excluding hydrogens is 204 g/mol. The van der Waals surface area contributed by atoms with Crippen molar-refractivity contribution in [2.24, 2.45) is 5.73 Å². The minimum absolute atomic E-state index is 0.397. The van der Waals surface area contributed by atoms with Crippen LogP contribution >= 0.6 is 0 Å². The average molecular weight is 218 g/mol. The second-order valence-corrected chi connectivity index (χ2v) is 3.64. The van der Waals surface area contributed by atoms with Crippen LogP contribution < -0.4 is 5.73 Å².